The van der Waals surface area contributed by atoms with Crippen LogP contribution in [0.2, 0.25) is 0 Å². The minimum Gasteiger partial charge on any atom is -1.00 e. The van der Waals surface area contributed by atoms with Gasteiger partial charge < -0.3 is 37.9 Å². The molecule has 2 rings (SSSR count). The number of rotatable bonds is 6. The number of ketones is 1. The van der Waals surface area contributed by atoms with Crippen LogP contribution in [0.4, 0.5) is 0 Å². The van der Waals surface area contributed by atoms with Gasteiger partial charge in [0.25, 0.3) is 0 Å². The summed E-state index contributed by atoms with van der Waals surface area (Å²) in [6.07, 6.45) is 0.567. The summed E-state index contributed by atoms with van der Waals surface area (Å²) in [7, 11) is 2.19. The number of hydrogen-bond donors (Lipinski definition) is 0. The predicted octanol–water partition coefficient (Wildman–Crippen LogP) is -0.479. The molecule has 1 aliphatic rings. The maximum absolute atomic E-state index is 12.3. The van der Waals surface area contributed by atoms with Gasteiger partial charge in [0.2, 0.25) is 0 Å². The van der Waals surface area contributed by atoms with Gasteiger partial charge >= 0.3 is 0 Å². The molecule has 1 aliphatic heterocycles. The van der Waals surface area contributed by atoms with E-state index < -0.39 is 0 Å². The van der Waals surface area contributed by atoms with E-state index in [0.717, 1.165) is 29.9 Å². The predicted molar refractivity (Wildman–Crippen MR) is 78.5 cm³/mol. The van der Waals surface area contributed by atoms with Crippen molar-refractivity contribution in [2.45, 2.75) is 20.3 Å². The molecule has 21 heavy (non-hydrogen) atoms. The topological polar surface area (TPSA) is 35.5 Å². The van der Waals surface area contributed by atoms with Crippen LogP contribution in [0.3, 0.4) is 0 Å². The number of carbonyl (C=O) groups excluding carboxylic acids is 1. The molecular formula is C16H24INO3. The van der Waals surface area contributed by atoms with Gasteiger partial charge in [-0.25, -0.2) is 0 Å². The number of ether oxygens (including phenoxy) is 2. The zero-order chi connectivity index (χ0) is 14.6. The van der Waals surface area contributed by atoms with Crippen molar-refractivity contribution < 1.29 is 42.7 Å². The minimum absolute atomic E-state index is 0. The Morgan fingerprint density at radius 3 is 2.38 bits per heavy atom. The molecule has 0 fully saturated rings. The molecular weight excluding hydrogens is 381 g/mol. The third kappa shape index (κ3) is 4.57. The fourth-order valence-electron chi connectivity index (χ4n) is 2.27. The maximum Gasteiger partial charge on any atom is 0.168 e. The normalized spacial score (nSPS) is 13.5. The van der Waals surface area contributed by atoms with Crippen molar-refractivity contribution in [2.24, 2.45) is 0 Å². The van der Waals surface area contributed by atoms with Crippen molar-refractivity contribution in [3.05, 3.63) is 23.8 Å². The van der Waals surface area contributed by atoms with E-state index in [9.17, 15) is 4.79 Å². The van der Waals surface area contributed by atoms with Crippen LogP contribution < -0.4 is 33.5 Å². The first kappa shape index (κ1) is 18.2. The molecule has 0 atom stereocenters. The molecule has 0 spiro atoms. The van der Waals surface area contributed by atoms with Gasteiger partial charge in [-0.1, -0.05) is 0 Å². The fourth-order valence-corrected chi connectivity index (χ4v) is 2.27. The lowest BCUT2D eigenvalue weighted by Crippen LogP contribution is -3.00. The molecule has 0 bridgehead atoms. The van der Waals surface area contributed by atoms with Gasteiger partial charge in [-0.15, -0.1) is 0 Å². The van der Waals surface area contributed by atoms with E-state index in [1.54, 1.807) is 6.07 Å². The van der Waals surface area contributed by atoms with E-state index >= 15 is 0 Å². The van der Waals surface area contributed by atoms with Crippen molar-refractivity contribution in [1.29, 1.82) is 0 Å². The summed E-state index contributed by atoms with van der Waals surface area (Å²) < 4.78 is 11.9. The number of Topliss-reactive ketones (excluding diaryl/α,β-unsaturated/α-hetero) is 1. The van der Waals surface area contributed by atoms with Crippen molar-refractivity contribution in [2.75, 3.05) is 39.9 Å². The molecule has 0 aliphatic carbocycles. The molecule has 4 nitrogen and oxygen atoms in total. The summed E-state index contributed by atoms with van der Waals surface area (Å²) in [6, 6.07) is 5.46. The molecule has 1 heterocycles. The molecule has 1 aromatic carbocycles. The van der Waals surface area contributed by atoms with Gasteiger partial charge in [0.05, 0.1) is 33.1 Å². The SMILES string of the molecule is CC[N+](C)(CC)CCC(=O)c1ccc2c(c1)OCCO2.[I-]. The zero-order valence-corrected chi connectivity index (χ0v) is 15.2. The monoisotopic (exact) mass is 405 g/mol. The van der Waals surface area contributed by atoms with E-state index in [1.165, 1.54) is 0 Å². The Labute approximate surface area is 144 Å². The highest BCUT2D eigenvalue weighted by Crippen LogP contribution is 2.31. The Balaban J connectivity index is 0.00000220. The number of carbonyl (C=O) groups is 1. The average Bonchev–Trinajstić information content (AvgIpc) is 2.51. The van der Waals surface area contributed by atoms with Crippen LogP contribution in [0.5, 0.6) is 11.5 Å². The third-order valence-electron chi connectivity index (χ3n) is 4.27. The van der Waals surface area contributed by atoms with Crippen LogP contribution >= 0.6 is 0 Å². The Morgan fingerprint density at radius 2 is 1.76 bits per heavy atom. The highest BCUT2D eigenvalue weighted by molar-refractivity contribution is 5.96. The second kappa shape index (κ2) is 7.98. The summed E-state index contributed by atoms with van der Waals surface area (Å²) >= 11 is 0. The standard InChI is InChI=1S/C16H24NO3.HI/c1-4-17(3,5-2)9-8-14(18)13-6-7-15-16(12-13)20-11-10-19-15;/h6-7,12H,4-5,8-11H2,1-3H3;1H/q+1;/p-1. The van der Waals surface area contributed by atoms with Crippen molar-refractivity contribution in [3.63, 3.8) is 0 Å². The second-order valence-electron chi connectivity index (χ2n) is 5.51. The first-order valence-electron chi connectivity index (χ1n) is 7.34. The highest BCUT2D eigenvalue weighted by Gasteiger charge is 2.20. The summed E-state index contributed by atoms with van der Waals surface area (Å²) in [4.78, 5) is 12.3. The van der Waals surface area contributed by atoms with Crippen LogP contribution in [0.25, 0.3) is 0 Å². The number of benzene rings is 1. The smallest absolute Gasteiger partial charge is 0.168 e. The Bertz CT molecular complexity index is 486. The molecule has 0 saturated heterocycles. The lowest BCUT2D eigenvalue weighted by molar-refractivity contribution is -0.905. The largest absolute Gasteiger partial charge is 1.00 e. The molecule has 0 saturated carbocycles. The van der Waals surface area contributed by atoms with Crippen LogP contribution in [0, 0.1) is 0 Å². The van der Waals surface area contributed by atoms with Crippen LogP contribution in [-0.2, 0) is 0 Å². The van der Waals surface area contributed by atoms with Gasteiger partial charge in [0.1, 0.15) is 13.2 Å². The summed E-state index contributed by atoms with van der Waals surface area (Å²) in [5, 5.41) is 0. The summed E-state index contributed by atoms with van der Waals surface area (Å²) in [6.45, 7) is 8.42. The lowest BCUT2D eigenvalue weighted by Gasteiger charge is -2.31. The number of quaternary nitrogens is 1. The first-order valence-corrected chi connectivity index (χ1v) is 7.34. The van der Waals surface area contributed by atoms with Gasteiger partial charge in [0, 0.05) is 5.56 Å². The van der Waals surface area contributed by atoms with E-state index in [2.05, 4.69) is 20.9 Å². The molecule has 1 aromatic rings. The number of hydrogen-bond acceptors (Lipinski definition) is 3. The minimum atomic E-state index is 0. The van der Waals surface area contributed by atoms with Crippen molar-refractivity contribution in [1.82, 2.24) is 0 Å². The van der Waals surface area contributed by atoms with Gasteiger partial charge in [-0.05, 0) is 32.0 Å². The lowest BCUT2D eigenvalue weighted by atomic mass is 10.1. The van der Waals surface area contributed by atoms with Gasteiger partial charge in [0.15, 0.2) is 17.3 Å². The van der Waals surface area contributed by atoms with Crippen molar-refractivity contribution >= 4 is 5.78 Å². The molecule has 0 unspecified atom stereocenters. The van der Waals surface area contributed by atoms with Crippen molar-refractivity contribution in [3.8, 4) is 11.5 Å². The van der Waals surface area contributed by atoms with E-state index in [-0.39, 0.29) is 29.8 Å². The van der Waals surface area contributed by atoms with E-state index in [1.807, 2.05) is 12.1 Å². The van der Waals surface area contributed by atoms with Crippen LogP contribution in [0.15, 0.2) is 18.2 Å². The summed E-state index contributed by atoms with van der Waals surface area (Å²) in [5.74, 6) is 1.59. The van der Waals surface area contributed by atoms with E-state index in [0.29, 0.717) is 30.9 Å². The fraction of sp³-hybridized carbons (Fsp3) is 0.562. The number of fused-ring (bicyclic) bond motifs is 1. The number of halogens is 1. The molecule has 5 heteroatoms. The third-order valence-corrected chi connectivity index (χ3v) is 4.27. The molecule has 0 radical (unpaired) electrons. The van der Waals surface area contributed by atoms with Gasteiger partial charge in [-0.3, -0.25) is 4.79 Å². The second-order valence-corrected chi connectivity index (χ2v) is 5.51. The summed E-state index contributed by atoms with van der Waals surface area (Å²) in [5.41, 5.74) is 0.716. The van der Waals surface area contributed by atoms with Crippen LogP contribution in [-0.4, -0.2) is 50.2 Å². The average molecular weight is 405 g/mol. The highest BCUT2D eigenvalue weighted by atomic mass is 127. The Kier molecular flexibility index (Phi) is 6.93. The van der Waals surface area contributed by atoms with Gasteiger partial charge in [-0.2, -0.15) is 0 Å². The van der Waals surface area contributed by atoms with E-state index in [4.69, 9.17) is 9.47 Å². The molecule has 0 aromatic heterocycles. The zero-order valence-electron chi connectivity index (χ0n) is 13.0. The van der Waals surface area contributed by atoms with Crippen LogP contribution in [0.1, 0.15) is 30.6 Å². The Hall–Kier alpha value is -0.820. The first-order chi connectivity index (χ1) is 9.58. The molecule has 0 N–H and O–H groups in total. The molecule has 118 valence electrons. The number of nitrogens with zero attached hydrogens (tertiary/aromatic N) is 1. The molecule has 0 amide bonds. The maximum atomic E-state index is 12.3. The quantitative estimate of drug-likeness (QED) is 0.365. The Morgan fingerprint density at radius 1 is 1.14 bits per heavy atom.